The van der Waals surface area contributed by atoms with Crippen molar-refractivity contribution in [3.05, 3.63) is 47.3 Å². The van der Waals surface area contributed by atoms with Crippen molar-refractivity contribution in [1.82, 2.24) is 9.78 Å². The van der Waals surface area contributed by atoms with Crippen LogP contribution in [0.5, 0.6) is 0 Å². The summed E-state index contributed by atoms with van der Waals surface area (Å²) in [6.07, 6.45) is 4.74. The van der Waals surface area contributed by atoms with E-state index in [2.05, 4.69) is 34.7 Å². The zero-order valence-corrected chi connectivity index (χ0v) is 11.0. The van der Waals surface area contributed by atoms with Gasteiger partial charge in [-0.15, -0.1) is 0 Å². The standard InChI is InChI=1S/C15H19N3/c1-11-15(10-18(2)17-11)16-9-13-5-3-4-6-14(13)12-7-8-12/h3-6,10,12,16H,7-9H2,1-2H3. The second-order valence-electron chi connectivity index (χ2n) is 5.13. The minimum absolute atomic E-state index is 0.804. The Morgan fingerprint density at radius 3 is 2.78 bits per heavy atom. The van der Waals surface area contributed by atoms with Crippen LogP contribution in [-0.4, -0.2) is 9.78 Å². The molecule has 1 aromatic heterocycles. The molecule has 1 fully saturated rings. The summed E-state index contributed by atoms with van der Waals surface area (Å²) >= 11 is 0. The molecule has 3 rings (SSSR count). The highest BCUT2D eigenvalue weighted by atomic mass is 15.3. The highest BCUT2D eigenvalue weighted by molar-refractivity contribution is 5.47. The molecule has 0 aliphatic heterocycles. The van der Waals surface area contributed by atoms with Gasteiger partial charge < -0.3 is 5.32 Å². The maximum atomic E-state index is 4.35. The Hall–Kier alpha value is -1.77. The highest BCUT2D eigenvalue weighted by Crippen LogP contribution is 2.41. The Labute approximate surface area is 108 Å². The van der Waals surface area contributed by atoms with Gasteiger partial charge in [-0.1, -0.05) is 24.3 Å². The second-order valence-corrected chi connectivity index (χ2v) is 5.13. The Balaban J connectivity index is 1.75. The van der Waals surface area contributed by atoms with Crippen LogP contribution >= 0.6 is 0 Å². The van der Waals surface area contributed by atoms with Gasteiger partial charge in [0.2, 0.25) is 0 Å². The quantitative estimate of drug-likeness (QED) is 0.890. The van der Waals surface area contributed by atoms with Crippen LogP contribution in [0.2, 0.25) is 0 Å². The molecule has 3 heteroatoms. The zero-order chi connectivity index (χ0) is 12.5. The summed E-state index contributed by atoms with van der Waals surface area (Å²) in [5.74, 6) is 0.804. The second kappa shape index (κ2) is 4.48. The molecule has 1 N–H and O–H groups in total. The SMILES string of the molecule is Cc1nn(C)cc1NCc1ccccc1C1CC1. The summed E-state index contributed by atoms with van der Waals surface area (Å²) in [6, 6.07) is 8.77. The number of aryl methyl sites for hydroxylation is 2. The lowest BCUT2D eigenvalue weighted by Crippen LogP contribution is -2.02. The van der Waals surface area contributed by atoms with Crippen molar-refractivity contribution in [2.45, 2.75) is 32.2 Å². The van der Waals surface area contributed by atoms with Crippen LogP contribution in [-0.2, 0) is 13.6 Å². The maximum absolute atomic E-state index is 4.35. The van der Waals surface area contributed by atoms with Crippen molar-refractivity contribution in [3.63, 3.8) is 0 Å². The topological polar surface area (TPSA) is 29.9 Å². The predicted molar refractivity (Wildman–Crippen MR) is 73.7 cm³/mol. The molecule has 94 valence electrons. The fourth-order valence-corrected chi connectivity index (χ4v) is 2.45. The number of anilines is 1. The summed E-state index contributed by atoms with van der Waals surface area (Å²) in [4.78, 5) is 0. The largest absolute Gasteiger partial charge is 0.378 e. The molecule has 0 spiro atoms. The third-order valence-corrected chi connectivity index (χ3v) is 3.56. The van der Waals surface area contributed by atoms with Gasteiger partial charge in [0.25, 0.3) is 0 Å². The molecule has 18 heavy (non-hydrogen) atoms. The van der Waals surface area contributed by atoms with Gasteiger partial charge in [0.1, 0.15) is 0 Å². The van der Waals surface area contributed by atoms with Crippen molar-refractivity contribution in [2.75, 3.05) is 5.32 Å². The van der Waals surface area contributed by atoms with Gasteiger partial charge in [-0.25, -0.2) is 0 Å². The average molecular weight is 241 g/mol. The van der Waals surface area contributed by atoms with Crippen LogP contribution in [0.3, 0.4) is 0 Å². The third kappa shape index (κ3) is 2.26. The van der Waals surface area contributed by atoms with E-state index in [9.17, 15) is 0 Å². The Morgan fingerprint density at radius 2 is 2.11 bits per heavy atom. The van der Waals surface area contributed by atoms with E-state index in [0.29, 0.717) is 0 Å². The number of nitrogens with one attached hydrogen (secondary N) is 1. The van der Waals surface area contributed by atoms with E-state index < -0.39 is 0 Å². The number of hydrogen-bond donors (Lipinski definition) is 1. The first kappa shape index (κ1) is 11.3. The molecular formula is C15H19N3. The van der Waals surface area contributed by atoms with Crippen molar-refractivity contribution in [3.8, 4) is 0 Å². The summed E-state index contributed by atoms with van der Waals surface area (Å²) in [5.41, 5.74) is 5.12. The normalized spacial score (nSPS) is 14.8. The first-order valence-corrected chi connectivity index (χ1v) is 6.56. The molecule has 1 aliphatic carbocycles. The van der Waals surface area contributed by atoms with Crippen LogP contribution < -0.4 is 5.32 Å². The smallest absolute Gasteiger partial charge is 0.0825 e. The monoisotopic (exact) mass is 241 g/mol. The highest BCUT2D eigenvalue weighted by Gasteiger charge is 2.25. The third-order valence-electron chi connectivity index (χ3n) is 3.56. The van der Waals surface area contributed by atoms with Gasteiger partial charge >= 0.3 is 0 Å². The number of benzene rings is 1. The van der Waals surface area contributed by atoms with Crippen LogP contribution in [0.15, 0.2) is 30.5 Å². The van der Waals surface area contributed by atoms with E-state index in [0.717, 1.165) is 23.8 Å². The molecule has 0 saturated heterocycles. The number of hydrogen-bond acceptors (Lipinski definition) is 2. The van der Waals surface area contributed by atoms with Gasteiger partial charge in [0.15, 0.2) is 0 Å². The maximum Gasteiger partial charge on any atom is 0.0825 e. The fraction of sp³-hybridized carbons (Fsp3) is 0.400. The molecule has 1 aliphatic rings. The van der Waals surface area contributed by atoms with Gasteiger partial charge in [-0.2, -0.15) is 5.10 Å². The van der Waals surface area contributed by atoms with E-state index in [1.54, 1.807) is 0 Å². The first-order chi connectivity index (χ1) is 8.74. The predicted octanol–water partition coefficient (Wildman–Crippen LogP) is 3.22. The van der Waals surface area contributed by atoms with Crippen LogP contribution in [0.25, 0.3) is 0 Å². The number of nitrogens with zero attached hydrogens (tertiary/aromatic N) is 2. The summed E-state index contributed by atoms with van der Waals surface area (Å²) in [7, 11) is 1.95. The minimum atomic E-state index is 0.804. The molecule has 0 atom stereocenters. The summed E-state index contributed by atoms with van der Waals surface area (Å²) in [6.45, 7) is 2.92. The lowest BCUT2D eigenvalue weighted by molar-refractivity contribution is 0.756. The first-order valence-electron chi connectivity index (χ1n) is 6.56. The Bertz CT molecular complexity index is 553. The van der Waals surface area contributed by atoms with Crippen LogP contribution in [0, 0.1) is 6.92 Å². The molecule has 0 amide bonds. The van der Waals surface area contributed by atoms with Crippen molar-refractivity contribution < 1.29 is 0 Å². The van der Waals surface area contributed by atoms with E-state index >= 15 is 0 Å². The summed E-state index contributed by atoms with van der Waals surface area (Å²) < 4.78 is 1.85. The van der Waals surface area contributed by atoms with Gasteiger partial charge in [0, 0.05) is 19.8 Å². The molecular weight excluding hydrogens is 222 g/mol. The fourth-order valence-electron chi connectivity index (χ4n) is 2.45. The van der Waals surface area contributed by atoms with Gasteiger partial charge in [-0.05, 0) is 36.8 Å². The van der Waals surface area contributed by atoms with Crippen molar-refractivity contribution >= 4 is 5.69 Å². The van der Waals surface area contributed by atoms with Gasteiger partial charge in [-0.3, -0.25) is 4.68 Å². The zero-order valence-electron chi connectivity index (χ0n) is 11.0. The molecule has 0 radical (unpaired) electrons. The molecule has 2 aromatic rings. The Kier molecular flexibility index (Phi) is 2.82. The van der Waals surface area contributed by atoms with E-state index in [1.165, 1.54) is 24.0 Å². The van der Waals surface area contributed by atoms with E-state index in [4.69, 9.17) is 0 Å². The minimum Gasteiger partial charge on any atom is -0.378 e. The molecule has 1 saturated carbocycles. The van der Waals surface area contributed by atoms with E-state index in [1.807, 2.05) is 24.9 Å². The summed E-state index contributed by atoms with van der Waals surface area (Å²) in [5, 5.41) is 7.84. The molecule has 0 bridgehead atoms. The number of rotatable bonds is 4. The molecule has 3 nitrogen and oxygen atoms in total. The van der Waals surface area contributed by atoms with Gasteiger partial charge in [0.05, 0.1) is 11.4 Å². The van der Waals surface area contributed by atoms with Crippen molar-refractivity contribution in [2.24, 2.45) is 7.05 Å². The van der Waals surface area contributed by atoms with Crippen LogP contribution in [0.1, 0.15) is 35.6 Å². The molecule has 1 heterocycles. The molecule has 0 unspecified atom stereocenters. The lowest BCUT2D eigenvalue weighted by atomic mass is 10.0. The number of aromatic nitrogens is 2. The van der Waals surface area contributed by atoms with E-state index in [-0.39, 0.29) is 0 Å². The Morgan fingerprint density at radius 1 is 1.33 bits per heavy atom. The van der Waals surface area contributed by atoms with Crippen LogP contribution in [0.4, 0.5) is 5.69 Å². The average Bonchev–Trinajstić information content (AvgIpc) is 3.14. The molecule has 1 aromatic carbocycles. The van der Waals surface area contributed by atoms with Crippen molar-refractivity contribution in [1.29, 1.82) is 0 Å². The lowest BCUT2D eigenvalue weighted by Gasteiger charge is -2.10.